The number of ether oxygens (including phenoxy) is 1. The first-order chi connectivity index (χ1) is 13.2. The van der Waals surface area contributed by atoms with Gasteiger partial charge in [0.15, 0.2) is 9.84 Å². The van der Waals surface area contributed by atoms with Crippen molar-refractivity contribution in [3.05, 3.63) is 46.1 Å². The summed E-state index contributed by atoms with van der Waals surface area (Å²) in [5, 5.41) is -0.114. The van der Waals surface area contributed by atoms with Crippen LogP contribution in [-0.2, 0) is 14.6 Å². The van der Waals surface area contributed by atoms with Gasteiger partial charge in [0.2, 0.25) is 5.95 Å². The molecule has 1 aromatic heterocycles. The van der Waals surface area contributed by atoms with Gasteiger partial charge in [0.05, 0.1) is 17.9 Å². The number of aromatic nitrogens is 2. The summed E-state index contributed by atoms with van der Waals surface area (Å²) in [6.07, 6.45) is 2.07. The smallest absolute Gasteiger partial charge is 0.222 e. The molecule has 0 aliphatic carbocycles. The van der Waals surface area contributed by atoms with Gasteiger partial charge >= 0.3 is 0 Å². The third-order valence-electron chi connectivity index (χ3n) is 4.99. The second-order valence-corrected chi connectivity index (χ2v) is 9.89. The maximum Gasteiger partial charge on any atom is 0.222 e. The minimum Gasteiger partial charge on any atom is -0.379 e. The minimum absolute atomic E-state index is 0.161. The van der Waals surface area contributed by atoms with E-state index in [-0.39, 0.29) is 12.0 Å². The molecular weight excluding hydrogens is 400 g/mol. The molecule has 3 rings (SSSR count). The lowest BCUT2D eigenvalue weighted by Gasteiger charge is -2.31. The fourth-order valence-electron chi connectivity index (χ4n) is 3.34. The highest BCUT2D eigenvalue weighted by Crippen LogP contribution is 2.35. The Labute approximate surface area is 170 Å². The maximum absolute atomic E-state index is 11.9. The molecule has 2 heterocycles. The van der Waals surface area contributed by atoms with E-state index in [1.54, 1.807) is 13.0 Å². The molecule has 0 saturated carbocycles. The fraction of sp³-hybridized carbons (Fsp3) is 0.474. The van der Waals surface area contributed by atoms with Crippen molar-refractivity contribution in [1.29, 1.82) is 0 Å². The third-order valence-corrected chi connectivity index (χ3v) is 6.87. The van der Waals surface area contributed by atoms with Gasteiger partial charge in [-0.3, -0.25) is 0 Å². The minimum atomic E-state index is -3.20. The number of nitrogens with zero attached hydrogens (tertiary/aromatic N) is 3. The van der Waals surface area contributed by atoms with Crippen molar-refractivity contribution in [2.45, 2.75) is 31.6 Å². The molecule has 1 aliphatic rings. The summed E-state index contributed by atoms with van der Waals surface area (Å²) in [6.45, 7) is 5.36. The van der Waals surface area contributed by atoms with Gasteiger partial charge in [0, 0.05) is 36.2 Å². The second kappa shape index (κ2) is 8.23. The SMILES string of the molecule is Cc1cc(N2CCCOC[C@@H]2c2ccc([C@H](C)S(C)(=O)=O)cc2Cl)nc(N)n1. The van der Waals surface area contributed by atoms with Crippen molar-refractivity contribution < 1.29 is 13.2 Å². The number of nitrogens with two attached hydrogens (primary N) is 1. The van der Waals surface area contributed by atoms with Crippen LogP contribution in [0.25, 0.3) is 0 Å². The predicted molar refractivity (Wildman–Crippen MR) is 111 cm³/mol. The van der Waals surface area contributed by atoms with Gasteiger partial charge in [0.1, 0.15) is 5.82 Å². The first kappa shape index (κ1) is 20.8. The van der Waals surface area contributed by atoms with E-state index in [2.05, 4.69) is 14.9 Å². The van der Waals surface area contributed by atoms with E-state index in [0.717, 1.165) is 30.0 Å². The van der Waals surface area contributed by atoms with Crippen molar-refractivity contribution >= 4 is 33.2 Å². The van der Waals surface area contributed by atoms with E-state index in [4.69, 9.17) is 22.1 Å². The van der Waals surface area contributed by atoms with E-state index in [1.807, 2.05) is 25.1 Å². The topological polar surface area (TPSA) is 98.4 Å². The van der Waals surface area contributed by atoms with Gasteiger partial charge in [-0.2, -0.15) is 4.98 Å². The van der Waals surface area contributed by atoms with Crippen LogP contribution in [0, 0.1) is 6.92 Å². The number of benzene rings is 1. The van der Waals surface area contributed by atoms with Gasteiger partial charge in [-0.1, -0.05) is 23.7 Å². The number of aryl methyl sites for hydroxylation is 1. The molecule has 1 aromatic carbocycles. The van der Waals surface area contributed by atoms with Gasteiger partial charge in [-0.05, 0) is 37.5 Å². The number of hydrogen-bond donors (Lipinski definition) is 1. The highest BCUT2D eigenvalue weighted by atomic mass is 35.5. The van der Waals surface area contributed by atoms with Gasteiger partial charge in [-0.15, -0.1) is 0 Å². The Hall–Kier alpha value is -1.90. The number of rotatable bonds is 4. The summed E-state index contributed by atoms with van der Waals surface area (Å²) >= 11 is 6.59. The molecule has 1 saturated heterocycles. The average molecular weight is 425 g/mol. The zero-order chi connectivity index (χ0) is 20.5. The van der Waals surface area contributed by atoms with E-state index >= 15 is 0 Å². The Morgan fingerprint density at radius 2 is 2.07 bits per heavy atom. The Balaban J connectivity index is 2.01. The van der Waals surface area contributed by atoms with E-state index in [9.17, 15) is 8.42 Å². The number of nitrogen functional groups attached to an aromatic ring is 1. The van der Waals surface area contributed by atoms with Crippen molar-refractivity contribution in [3.8, 4) is 0 Å². The van der Waals surface area contributed by atoms with Crippen molar-refractivity contribution in [2.24, 2.45) is 0 Å². The second-order valence-electron chi connectivity index (χ2n) is 7.12. The van der Waals surface area contributed by atoms with Crippen molar-refractivity contribution in [1.82, 2.24) is 9.97 Å². The molecule has 0 spiro atoms. The molecule has 152 valence electrons. The quantitative estimate of drug-likeness (QED) is 0.804. The molecule has 0 bridgehead atoms. The third kappa shape index (κ3) is 4.56. The zero-order valence-corrected chi connectivity index (χ0v) is 17.8. The molecule has 0 radical (unpaired) electrons. The number of hydrogen-bond acceptors (Lipinski definition) is 7. The number of anilines is 2. The van der Waals surface area contributed by atoms with E-state index in [1.165, 1.54) is 6.26 Å². The van der Waals surface area contributed by atoms with E-state index in [0.29, 0.717) is 23.8 Å². The van der Waals surface area contributed by atoms with Crippen LogP contribution < -0.4 is 10.6 Å². The van der Waals surface area contributed by atoms with Crippen LogP contribution >= 0.6 is 11.6 Å². The largest absolute Gasteiger partial charge is 0.379 e. The lowest BCUT2D eigenvalue weighted by molar-refractivity contribution is 0.134. The Bertz CT molecular complexity index is 947. The number of halogens is 1. The summed E-state index contributed by atoms with van der Waals surface area (Å²) in [5.74, 6) is 0.951. The molecule has 0 amide bonds. The summed E-state index contributed by atoms with van der Waals surface area (Å²) in [6, 6.07) is 7.15. The van der Waals surface area contributed by atoms with Crippen LogP contribution in [0.2, 0.25) is 5.02 Å². The molecule has 0 unspecified atom stereocenters. The van der Waals surface area contributed by atoms with Crippen LogP contribution in [0.4, 0.5) is 11.8 Å². The normalized spacial score (nSPS) is 19.3. The summed E-state index contributed by atoms with van der Waals surface area (Å²) in [5.41, 5.74) is 8.17. The summed E-state index contributed by atoms with van der Waals surface area (Å²) < 4.78 is 29.5. The highest BCUT2D eigenvalue weighted by molar-refractivity contribution is 7.90. The molecule has 7 nitrogen and oxygen atoms in total. The molecule has 2 N–H and O–H groups in total. The molecule has 1 fully saturated rings. The van der Waals surface area contributed by atoms with Crippen LogP contribution in [0.5, 0.6) is 0 Å². The molecule has 2 atom stereocenters. The molecule has 9 heteroatoms. The first-order valence-corrected chi connectivity index (χ1v) is 11.4. The lowest BCUT2D eigenvalue weighted by Crippen LogP contribution is -2.32. The van der Waals surface area contributed by atoms with Crippen molar-refractivity contribution in [2.75, 3.05) is 36.6 Å². The standard InChI is InChI=1S/C19H25ClN4O3S/c1-12-9-18(23-19(21)22-12)24-7-4-8-27-11-17(24)15-6-5-14(10-16(15)20)13(2)28(3,25)26/h5-6,9-10,13,17H,4,7-8,11H2,1-3H3,(H2,21,22,23)/t13-,17+/m0/s1. The van der Waals surface area contributed by atoms with Crippen LogP contribution in [0.1, 0.15) is 41.5 Å². The Morgan fingerprint density at radius 3 is 2.71 bits per heavy atom. The zero-order valence-electron chi connectivity index (χ0n) is 16.2. The summed E-state index contributed by atoms with van der Waals surface area (Å²) in [7, 11) is -3.20. The highest BCUT2D eigenvalue weighted by Gasteiger charge is 2.28. The average Bonchev–Trinajstić information content (AvgIpc) is 2.85. The van der Waals surface area contributed by atoms with Crippen LogP contribution in [0.3, 0.4) is 0 Å². The Kier molecular flexibility index (Phi) is 6.12. The fourth-order valence-corrected chi connectivity index (χ4v) is 4.30. The maximum atomic E-state index is 11.9. The monoisotopic (exact) mass is 424 g/mol. The predicted octanol–water partition coefficient (Wildman–Crippen LogP) is 3.09. The lowest BCUT2D eigenvalue weighted by atomic mass is 10.0. The first-order valence-electron chi connectivity index (χ1n) is 9.10. The number of sulfone groups is 1. The van der Waals surface area contributed by atoms with Crippen molar-refractivity contribution in [3.63, 3.8) is 0 Å². The Morgan fingerprint density at radius 1 is 1.32 bits per heavy atom. The summed E-state index contributed by atoms with van der Waals surface area (Å²) in [4.78, 5) is 10.7. The van der Waals surface area contributed by atoms with E-state index < -0.39 is 15.1 Å². The molecular formula is C19H25ClN4O3S. The van der Waals surface area contributed by atoms with Gasteiger partial charge < -0.3 is 15.4 Å². The van der Waals surface area contributed by atoms with Crippen LogP contribution in [-0.4, -0.2) is 44.4 Å². The van der Waals surface area contributed by atoms with Crippen LogP contribution in [0.15, 0.2) is 24.3 Å². The van der Waals surface area contributed by atoms with Gasteiger partial charge in [0.25, 0.3) is 0 Å². The molecule has 1 aliphatic heterocycles. The van der Waals surface area contributed by atoms with Gasteiger partial charge in [-0.25, -0.2) is 13.4 Å². The molecule has 2 aromatic rings. The molecule has 28 heavy (non-hydrogen) atoms.